The minimum Gasteiger partial charge on any atom is -0.381 e. The number of carbonyl (C=O) groups excluding carboxylic acids is 1. The largest absolute Gasteiger partial charge is 0.381 e. The van der Waals surface area contributed by atoms with Gasteiger partial charge in [0.1, 0.15) is 6.54 Å². The van der Waals surface area contributed by atoms with Crippen LogP contribution in [0, 0.1) is 0 Å². The second-order valence-electron chi connectivity index (χ2n) is 7.34. The number of ether oxygens (including phenoxy) is 1. The average Bonchev–Trinajstić information content (AvgIpc) is 2.66. The third-order valence-electron chi connectivity index (χ3n) is 5.12. The van der Waals surface area contributed by atoms with Crippen LogP contribution in [-0.4, -0.2) is 62.7 Å². The van der Waals surface area contributed by atoms with Crippen LogP contribution >= 0.6 is 0 Å². The van der Waals surface area contributed by atoms with E-state index in [9.17, 15) is 4.79 Å². The van der Waals surface area contributed by atoms with Crippen LogP contribution in [0.1, 0.15) is 30.4 Å². The number of fused-ring (bicyclic) bond motifs is 1. The van der Waals surface area contributed by atoms with Gasteiger partial charge in [0.25, 0.3) is 0 Å². The first kappa shape index (κ1) is 18.7. The number of benzene rings is 1. The van der Waals surface area contributed by atoms with Gasteiger partial charge in [0.15, 0.2) is 5.96 Å². The van der Waals surface area contributed by atoms with Crippen LogP contribution in [0.2, 0.25) is 0 Å². The molecule has 6 nitrogen and oxygen atoms in total. The van der Waals surface area contributed by atoms with Crippen molar-refractivity contribution in [1.82, 2.24) is 15.5 Å². The molecule has 1 saturated heterocycles. The molecule has 3 rings (SSSR count). The van der Waals surface area contributed by atoms with E-state index in [0.717, 1.165) is 51.3 Å². The minimum atomic E-state index is 0.00654. The van der Waals surface area contributed by atoms with Crippen molar-refractivity contribution in [3.8, 4) is 0 Å². The lowest BCUT2D eigenvalue weighted by Gasteiger charge is -2.30. The molecule has 1 aliphatic carbocycles. The number of guanidine groups is 1. The molecule has 0 saturated carbocycles. The minimum absolute atomic E-state index is 0.00654. The molecule has 0 bridgehead atoms. The first-order valence-electron chi connectivity index (χ1n) is 9.54. The first-order valence-corrected chi connectivity index (χ1v) is 9.54. The zero-order chi connectivity index (χ0) is 18.4. The number of carbonyl (C=O) groups is 1. The maximum Gasteiger partial charge on any atom is 0.243 e. The number of aryl methyl sites for hydroxylation is 1. The topological polar surface area (TPSA) is 66.0 Å². The Labute approximate surface area is 156 Å². The Balaban J connectivity index is 1.64. The summed E-state index contributed by atoms with van der Waals surface area (Å²) in [5, 5.41) is 7.08. The standard InChI is InChI=1S/C20H30N4O2/c1-24(2)19(25)14-21-20(22-17-9-11-26-12-10-17)23-18-8-7-15-5-3-4-6-16(15)13-18/h3-6,17-18H,7-14H2,1-2H3,(H2,21,22,23). The molecule has 1 aromatic rings. The third-order valence-corrected chi connectivity index (χ3v) is 5.12. The van der Waals surface area contributed by atoms with Gasteiger partial charge < -0.3 is 20.3 Å². The second kappa shape index (κ2) is 9.03. The van der Waals surface area contributed by atoms with Crippen molar-refractivity contribution in [2.45, 2.75) is 44.2 Å². The molecule has 142 valence electrons. The Morgan fingerprint density at radius 2 is 1.81 bits per heavy atom. The highest BCUT2D eigenvalue weighted by Crippen LogP contribution is 2.21. The van der Waals surface area contributed by atoms with Gasteiger partial charge in [-0.05, 0) is 43.2 Å². The molecule has 26 heavy (non-hydrogen) atoms. The Kier molecular flexibility index (Phi) is 6.50. The Bertz CT molecular complexity index is 638. The van der Waals surface area contributed by atoms with Crippen LogP contribution in [-0.2, 0) is 22.4 Å². The Morgan fingerprint density at radius 1 is 1.12 bits per heavy atom. The molecule has 1 fully saturated rings. The lowest BCUT2D eigenvalue weighted by atomic mass is 9.88. The maximum absolute atomic E-state index is 11.9. The fraction of sp³-hybridized carbons (Fsp3) is 0.600. The summed E-state index contributed by atoms with van der Waals surface area (Å²) in [6.07, 6.45) is 5.08. The zero-order valence-electron chi connectivity index (χ0n) is 15.8. The molecule has 1 aliphatic heterocycles. The Hall–Kier alpha value is -2.08. The number of aliphatic imine (C=N–C) groups is 1. The number of nitrogens with one attached hydrogen (secondary N) is 2. The highest BCUT2D eigenvalue weighted by molar-refractivity contribution is 5.85. The van der Waals surface area contributed by atoms with E-state index in [1.165, 1.54) is 11.1 Å². The lowest BCUT2D eigenvalue weighted by molar-refractivity contribution is -0.127. The third kappa shape index (κ3) is 5.21. The highest BCUT2D eigenvalue weighted by atomic mass is 16.5. The molecule has 2 aliphatic rings. The number of rotatable bonds is 4. The zero-order valence-corrected chi connectivity index (χ0v) is 15.8. The summed E-state index contributed by atoms with van der Waals surface area (Å²) in [7, 11) is 3.52. The number of hydrogen-bond donors (Lipinski definition) is 2. The van der Waals surface area contributed by atoms with Gasteiger partial charge in [-0.25, -0.2) is 4.99 Å². The molecule has 0 aromatic heterocycles. The summed E-state index contributed by atoms with van der Waals surface area (Å²) < 4.78 is 5.44. The molecule has 1 unspecified atom stereocenters. The summed E-state index contributed by atoms with van der Waals surface area (Å²) in [5.74, 6) is 0.753. The van der Waals surface area contributed by atoms with Crippen molar-refractivity contribution in [1.29, 1.82) is 0 Å². The quantitative estimate of drug-likeness (QED) is 0.630. The summed E-state index contributed by atoms with van der Waals surface area (Å²) in [6.45, 7) is 1.71. The van der Waals surface area contributed by atoms with Gasteiger partial charge in [-0.2, -0.15) is 0 Å². The predicted octanol–water partition coefficient (Wildman–Crippen LogP) is 1.35. The monoisotopic (exact) mass is 358 g/mol. The van der Waals surface area contributed by atoms with Crippen molar-refractivity contribution in [2.24, 2.45) is 4.99 Å². The van der Waals surface area contributed by atoms with E-state index in [0.29, 0.717) is 12.1 Å². The van der Waals surface area contributed by atoms with Crippen molar-refractivity contribution in [3.63, 3.8) is 0 Å². The normalized spacial score (nSPS) is 21.0. The van der Waals surface area contributed by atoms with Crippen molar-refractivity contribution >= 4 is 11.9 Å². The number of nitrogens with zero attached hydrogens (tertiary/aromatic N) is 2. The van der Waals surface area contributed by atoms with E-state index in [1.54, 1.807) is 19.0 Å². The Morgan fingerprint density at radius 3 is 2.54 bits per heavy atom. The molecule has 0 radical (unpaired) electrons. The van der Waals surface area contributed by atoms with Crippen LogP contribution in [0.5, 0.6) is 0 Å². The van der Waals surface area contributed by atoms with Crippen molar-refractivity contribution < 1.29 is 9.53 Å². The van der Waals surface area contributed by atoms with Crippen LogP contribution in [0.15, 0.2) is 29.3 Å². The summed E-state index contributed by atoms with van der Waals surface area (Å²) >= 11 is 0. The first-order chi connectivity index (χ1) is 12.6. The van der Waals surface area contributed by atoms with Crippen LogP contribution in [0.3, 0.4) is 0 Å². The molecule has 0 spiro atoms. The summed E-state index contributed by atoms with van der Waals surface area (Å²) in [6, 6.07) is 9.33. The maximum atomic E-state index is 11.9. The van der Waals surface area contributed by atoms with Gasteiger partial charge >= 0.3 is 0 Å². The fourth-order valence-corrected chi connectivity index (χ4v) is 3.47. The van der Waals surface area contributed by atoms with Crippen molar-refractivity contribution in [2.75, 3.05) is 33.9 Å². The van der Waals surface area contributed by atoms with E-state index in [1.807, 2.05) is 0 Å². The second-order valence-corrected chi connectivity index (χ2v) is 7.34. The molecule has 1 heterocycles. The molecule has 1 aromatic carbocycles. The molecule has 2 N–H and O–H groups in total. The van der Waals surface area contributed by atoms with Gasteiger partial charge in [0.2, 0.25) is 5.91 Å². The SMILES string of the molecule is CN(C)C(=O)CN=C(NC1CCOCC1)NC1CCc2ccccc2C1. The number of hydrogen-bond acceptors (Lipinski definition) is 3. The van der Waals surface area contributed by atoms with Crippen LogP contribution < -0.4 is 10.6 Å². The van der Waals surface area contributed by atoms with Gasteiger partial charge in [-0.3, -0.25) is 4.79 Å². The summed E-state index contributed by atoms with van der Waals surface area (Å²) in [5.41, 5.74) is 2.86. The smallest absolute Gasteiger partial charge is 0.243 e. The summed E-state index contributed by atoms with van der Waals surface area (Å²) in [4.78, 5) is 18.1. The molecular weight excluding hydrogens is 328 g/mol. The van der Waals surface area contributed by atoms with E-state index in [4.69, 9.17) is 4.74 Å². The predicted molar refractivity (Wildman–Crippen MR) is 103 cm³/mol. The van der Waals surface area contributed by atoms with E-state index in [-0.39, 0.29) is 12.5 Å². The van der Waals surface area contributed by atoms with Gasteiger partial charge in [-0.1, -0.05) is 24.3 Å². The number of likely N-dealkylation sites (N-methyl/N-ethyl adjacent to an activating group) is 1. The van der Waals surface area contributed by atoms with Crippen molar-refractivity contribution in [3.05, 3.63) is 35.4 Å². The van der Waals surface area contributed by atoms with Crippen LogP contribution in [0.4, 0.5) is 0 Å². The number of amides is 1. The molecular formula is C20H30N4O2. The van der Waals surface area contributed by atoms with Crippen LogP contribution in [0.25, 0.3) is 0 Å². The molecule has 1 atom stereocenters. The molecule has 6 heteroatoms. The van der Waals surface area contributed by atoms with E-state index >= 15 is 0 Å². The van der Waals surface area contributed by atoms with E-state index < -0.39 is 0 Å². The lowest BCUT2D eigenvalue weighted by Crippen LogP contribution is -2.50. The fourth-order valence-electron chi connectivity index (χ4n) is 3.47. The van der Waals surface area contributed by atoms with E-state index in [2.05, 4.69) is 39.9 Å². The highest BCUT2D eigenvalue weighted by Gasteiger charge is 2.21. The van der Waals surface area contributed by atoms with Gasteiger partial charge in [0.05, 0.1) is 0 Å². The van der Waals surface area contributed by atoms with Gasteiger partial charge in [-0.15, -0.1) is 0 Å². The van der Waals surface area contributed by atoms with Gasteiger partial charge in [0, 0.05) is 39.4 Å². The molecule has 1 amide bonds. The average molecular weight is 358 g/mol.